The molecule has 1 aliphatic carbocycles. The van der Waals surface area contributed by atoms with E-state index in [4.69, 9.17) is 5.73 Å². The van der Waals surface area contributed by atoms with Gasteiger partial charge in [0.05, 0.1) is 0 Å². The van der Waals surface area contributed by atoms with Crippen LogP contribution in [0.5, 0.6) is 0 Å². The fourth-order valence-electron chi connectivity index (χ4n) is 1.22. The van der Waals surface area contributed by atoms with Gasteiger partial charge in [0.25, 0.3) is 0 Å². The van der Waals surface area contributed by atoms with E-state index in [1.54, 1.807) is 0 Å². The van der Waals surface area contributed by atoms with Crippen LogP contribution in [-0.4, -0.2) is 17.0 Å². The Bertz CT molecular complexity index is 140. The number of amides is 1. The minimum Gasteiger partial charge on any atom is -0.417 e. The molecule has 0 atom stereocenters. The summed E-state index contributed by atoms with van der Waals surface area (Å²) in [5, 5.41) is 9.34. The van der Waals surface area contributed by atoms with Crippen LogP contribution in [-0.2, 0) is 4.74 Å². The third-order valence-corrected chi connectivity index (χ3v) is 1.68. The van der Waals surface area contributed by atoms with E-state index in [9.17, 15) is 9.90 Å². The Morgan fingerprint density at radius 3 is 2.40 bits per heavy atom. The maximum absolute atomic E-state index is 10.2. The molecule has 0 heterocycles. The molecule has 1 aliphatic rings. The highest BCUT2D eigenvalue weighted by Gasteiger charge is 2.34. The summed E-state index contributed by atoms with van der Waals surface area (Å²) in [4.78, 5) is 10.2. The average Bonchev–Trinajstić information content (AvgIpc) is 2.12. The fraction of sp³-hybridized carbons (Fsp3) is 0.833. The second-order valence-electron chi connectivity index (χ2n) is 2.57. The van der Waals surface area contributed by atoms with Gasteiger partial charge in [-0.25, -0.2) is 4.79 Å². The van der Waals surface area contributed by atoms with E-state index in [0.717, 1.165) is 12.8 Å². The Labute approximate surface area is 59.0 Å². The molecule has 4 heteroatoms. The Morgan fingerprint density at radius 1 is 1.50 bits per heavy atom. The van der Waals surface area contributed by atoms with Crippen molar-refractivity contribution in [1.82, 2.24) is 0 Å². The van der Waals surface area contributed by atoms with Crippen molar-refractivity contribution in [2.45, 2.75) is 31.5 Å². The number of carbonyl (C=O) groups is 1. The standard InChI is InChI=1S/C6H11NO3/c7-5(8)10-6(9)3-1-2-4-6/h9H,1-4H2,(H2,7,8). The SMILES string of the molecule is NC(=O)OC1(O)CCCC1. The van der Waals surface area contributed by atoms with E-state index in [1.165, 1.54) is 0 Å². The number of primary amides is 1. The maximum Gasteiger partial charge on any atom is 0.407 e. The summed E-state index contributed by atoms with van der Waals surface area (Å²) in [6.07, 6.45) is 1.91. The number of hydrogen-bond donors (Lipinski definition) is 2. The molecule has 0 unspecified atom stereocenters. The van der Waals surface area contributed by atoms with Crippen LogP contribution >= 0.6 is 0 Å². The summed E-state index contributed by atoms with van der Waals surface area (Å²) in [5.74, 6) is -1.26. The molecular weight excluding hydrogens is 134 g/mol. The highest BCUT2D eigenvalue weighted by Crippen LogP contribution is 2.30. The van der Waals surface area contributed by atoms with Gasteiger partial charge >= 0.3 is 6.09 Å². The summed E-state index contributed by atoms with van der Waals surface area (Å²) in [6.45, 7) is 0. The van der Waals surface area contributed by atoms with Gasteiger partial charge in [0.2, 0.25) is 5.79 Å². The van der Waals surface area contributed by atoms with Gasteiger partial charge in [0.1, 0.15) is 0 Å². The molecule has 0 aromatic carbocycles. The molecule has 1 saturated carbocycles. The van der Waals surface area contributed by atoms with Crippen molar-refractivity contribution in [3.63, 3.8) is 0 Å². The Morgan fingerprint density at radius 2 is 2.00 bits per heavy atom. The average molecular weight is 145 g/mol. The lowest BCUT2D eigenvalue weighted by atomic mass is 10.2. The summed E-state index contributed by atoms with van der Waals surface area (Å²) in [6, 6.07) is 0. The Hall–Kier alpha value is -0.770. The largest absolute Gasteiger partial charge is 0.417 e. The first-order chi connectivity index (χ1) is 4.62. The first-order valence-corrected chi connectivity index (χ1v) is 3.33. The lowest BCUT2D eigenvalue weighted by molar-refractivity contribution is -0.152. The molecule has 0 spiro atoms. The van der Waals surface area contributed by atoms with E-state index >= 15 is 0 Å². The van der Waals surface area contributed by atoms with Crippen LogP contribution in [0.1, 0.15) is 25.7 Å². The molecule has 3 N–H and O–H groups in total. The molecule has 0 bridgehead atoms. The monoisotopic (exact) mass is 145 g/mol. The normalized spacial score (nSPS) is 22.5. The third-order valence-electron chi connectivity index (χ3n) is 1.68. The maximum atomic E-state index is 10.2. The number of nitrogens with two attached hydrogens (primary N) is 1. The van der Waals surface area contributed by atoms with Crippen LogP contribution < -0.4 is 5.73 Å². The van der Waals surface area contributed by atoms with Crippen LogP contribution in [0.2, 0.25) is 0 Å². The second kappa shape index (κ2) is 2.46. The van der Waals surface area contributed by atoms with Gasteiger partial charge in [-0.15, -0.1) is 0 Å². The van der Waals surface area contributed by atoms with Crippen molar-refractivity contribution in [2.75, 3.05) is 0 Å². The number of ether oxygens (including phenoxy) is 1. The van der Waals surface area contributed by atoms with Crippen LogP contribution in [0.3, 0.4) is 0 Å². The van der Waals surface area contributed by atoms with Gasteiger partial charge in [0.15, 0.2) is 0 Å². The van der Waals surface area contributed by atoms with E-state index in [0.29, 0.717) is 12.8 Å². The highest BCUT2D eigenvalue weighted by molar-refractivity contribution is 5.65. The molecule has 1 fully saturated rings. The molecular formula is C6H11NO3. The highest BCUT2D eigenvalue weighted by atomic mass is 16.7. The lowest BCUT2D eigenvalue weighted by Crippen LogP contribution is -2.33. The zero-order valence-electron chi connectivity index (χ0n) is 5.67. The Balaban J connectivity index is 2.43. The Kier molecular flexibility index (Phi) is 1.80. The molecule has 0 radical (unpaired) electrons. The number of carbonyl (C=O) groups excluding carboxylic acids is 1. The molecule has 0 aliphatic heterocycles. The van der Waals surface area contributed by atoms with Gasteiger partial charge in [0, 0.05) is 12.8 Å². The molecule has 0 saturated heterocycles. The van der Waals surface area contributed by atoms with Crippen molar-refractivity contribution < 1.29 is 14.6 Å². The summed E-state index contributed by atoms with van der Waals surface area (Å²) >= 11 is 0. The van der Waals surface area contributed by atoms with Crippen LogP contribution in [0, 0.1) is 0 Å². The first-order valence-electron chi connectivity index (χ1n) is 3.33. The molecule has 10 heavy (non-hydrogen) atoms. The summed E-state index contributed by atoms with van der Waals surface area (Å²) in [5.41, 5.74) is 4.74. The van der Waals surface area contributed by atoms with Gasteiger partial charge in [-0.3, -0.25) is 0 Å². The van der Waals surface area contributed by atoms with E-state index in [-0.39, 0.29) is 0 Å². The van der Waals surface area contributed by atoms with Crippen LogP contribution in [0.15, 0.2) is 0 Å². The molecule has 1 rings (SSSR count). The lowest BCUT2D eigenvalue weighted by Gasteiger charge is -2.20. The summed E-state index contributed by atoms with van der Waals surface area (Å²) < 4.78 is 4.49. The first kappa shape index (κ1) is 7.34. The predicted octanol–water partition coefficient (Wildman–Crippen LogP) is 0.344. The van der Waals surface area contributed by atoms with Crippen molar-refractivity contribution >= 4 is 6.09 Å². The number of aliphatic hydroxyl groups is 1. The van der Waals surface area contributed by atoms with E-state index in [2.05, 4.69) is 4.74 Å². The molecule has 0 aromatic rings. The second-order valence-corrected chi connectivity index (χ2v) is 2.57. The van der Waals surface area contributed by atoms with E-state index in [1.807, 2.05) is 0 Å². The smallest absolute Gasteiger partial charge is 0.407 e. The minimum absolute atomic E-state index is 0.510. The topological polar surface area (TPSA) is 72.6 Å². The molecule has 4 nitrogen and oxygen atoms in total. The number of rotatable bonds is 1. The van der Waals surface area contributed by atoms with Gasteiger partial charge in [-0.05, 0) is 12.8 Å². The van der Waals surface area contributed by atoms with Crippen LogP contribution in [0.4, 0.5) is 4.79 Å². The van der Waals surface area contributed by atoms with Gasteiger partial charge in [-0.1, -0.05) is 0 Å². The third kappa shape index (κ3) is 1.60. The minimum atomic E-state index is -1.26. The van der Waals surface area contributed by atoms with Crippen LogP contribution in [0.25, 0.3) is 0 Å². The van der Waals surface area contributed by atoms with Crippen molar-refractivity contribution in [3.05, 3.63) is 0 Å². The quantitative estimate of drug-likeness (QED) is 0.523. The predicted molar refractivity (Wildman–Crippen MR) is 34.1 cm³/mol. The molecule has 58 valence electrons. The molecule has 1 amide bonds. The van der Waals surface area contributed by atoms with Gasteiger partial charge in [-0.2, -0.15) is 0 Å². The van der Waals surface area contributed by atoms with Gasteiger partial charge < -0.3 is 15.6 Å². The zero-order chi connectivity index (χ0) is 7.61. The zero-order valence-corrected chi connectivity index (χ0v) is 5.67. The van der Waals surface area contributed by atoms with Crippen molar-refractivity contribution in [3.8, 4) is 0 Å². The van der Waals surface area contributed by atoms with Crippen molar-refractivity contribution in [1.29, 1.82) is 0 Å². The fourth-order valence-corrected chi connectivity index (χ4v) is 1.22. The number of hydrogen-bond acceptors (Lipinski definition) is 3. The van der Waals surface area contributed by atoms with Crippen molar-refractivity contribution in [2.24, 2.45) is 5.73 Å². The summed E-state index contributed by atoms with van der Waals surface area (Å²) in [7, 11) is 0. The van der Waals surface area contributed by atoms with E-state index < -0.39 is 11.9 Å². The molecule has 0 aromatic heterocycles.